The number of nitrogens with one attached hydrogen (secondary N) is 1. The highest BCUT2D eigenvalue weighted by atomic mass is 19.4. The molecule has 1 heterocycles. The first-order valence-corrected chi connectivity index (χ1v) is 9.60. The summed E-state index contributed by atoms with van der Waals surface area (Å²) >= 11 is 0. The lowest BCUT2D eigenvalue weighted by atomic mass is 10.1. The van der Waals surface area contributed by atoms with Gasteiger partial charge >= 0.3 is 6.18 Å². The van der Waals surface area contributed by atoms with Crippen LogP contribution in [-0.2, 0) is 28.9 Å². The van der Waals surface area contributed by atoms with Gasteiger partial charge in [-0.25, -0.2) is 0 Å². The lowest BCUT2D eigenvalue weighted by molar-refractivity contribution is -0.137. The summed E-state index contributed by atoms with van der Waals surface area (Å²) in [6, 6.07) is 12.4. The standard InChI is InChI=1S/C22H24F3N3O2/c1-27(2)12-15-6-8-19(9-7-15)26-21(30)17-11-20(29)28(14-17)13-16-4-3-5-18(10-16)22(23,24)25/h3-10,17H,11-14H2,1-2H3,(H,26,30)/t17-/m1/s1. The zero-order valence-corrected chi connectivity index (χ0v) is 16.9. The SMILES string of the molecule is CN(C)Cc1ccc(NC(=O)[C@@H]2CC(=O)N(Cc3cccc(C(F)(F)F)c3)C2)cc1. The van der Waals surface area contributed by atoms with Crippen molar-refractivity contribution < 1.29 is 22.8 Å². The van der Waals surface area contributed by atoms with E-state index in [1.165, 1.54) is 11.0 Å². The molecule has 1 aliphatic rings. The largest absolute Gasteiger partial charge is 0.416 e. The van der Waals surface area contributed by atoms with E-state index in [1.807, 2.05) is 43.3 Å². The summed E-state index contributed by atoms with van der Waals surface area (Å²) in [6.45, 7) is 1.02. The van der Waals surface area contributed by atoms with Gasteiger partial charge < -0.3 is 15.1 Å². The second-order valence-corrected chi connectivity index (χ2v) is 7.80. The van der Waals surface area contributed by atoms with Crippen molar-refractivity contribution in [3.05, 3.63) is 65.2 Å². The molecule has 8 heteroatoms. The molecule has 2 aromatic carbocycles. The molecule has 0 bridgehead atoms. The molecular weight excluding hydrogens is 395 g/mol. The fourth-order valence-electron chi connectivity index (χ4n) is 3.47. The number of likely N-dealkylation sites (tertiary alicyclic amines) is 1. The number of amides is 2. The van der Waals surface area contributed by atoms with Gasteiger partial charge in [-0.1, -0.05) is 24.3 Å². The molecule has 5 nitrogen and oxygen atoms in total. The molecule has 0 saturated carbocycles. The lowest BCUT2D eigenvalue weighted by Crippen LogP contribution is -2.28. The van der Waals surface area contributed by atoms with Crippen molar-refractivity contribution in [3.63, 3.8) is 0 Å². The predicted molar refractivity (Wildman–Crippen MR) is 107 cm³/mol. The summed E-state index contributed by atoms with van der Waals surface area (Å²) in [5.74, 6) is -1.05. The number of carbonyl (C=O) groups is 2. The normalized spacial score (nSPS) is 16.9. The first-order valence-electron chi connectivity index (χ1n) is 9.60. The van der Waals surface area contributed by atoms with Gasteiger partial charge in [0.05, 0.1) is 11.5 Å². The highest BCUT2D eigenvalue weighted by Gasteiger charge is 2.35. The van der Waals surface area contributed by atoms with Crippen molar-refractivity contribution in [1.29, 1.82) is 0 Å². The van der Waals surface area contributed by atoms with Gasteiger partial charge in [0.15, 0.2) is 0 Å². The molecule has 2 aromatic rings. The Labute approximate surface area is 173 Å². The maximum atomic E-state index is 12.9. The number of alkyl halides is 3. The molecule has 0 aliphatic carbocycles. The van der Waals surface area contributed by atoms with Gasteiger partial charge in [-0.2, -0.15) is 13.2 Å². The number of anilines is 1. The zero-order chi connectivity index (χ0) is 21.9. The molecule has 1 N–H and O–H groups in total. The van der Waals surface area contributed by atoms with Crippen LogP contribution in [0.5, 0.6) is 0 Å². The Morgan fingerprint density at radius 3 is 2.47 bits per heavy atom. The zero-order valence-electron chi connectivity index (χ0n) is 16.9. The Bertz CT molecular complexity index is 911. The average molecular weight is 419 g/mol. The number of halogens is 3. The molecule has 2 amide bonds. The third-order valence-corrected chi connectivity index (χ3v) is 4.93. The van der Waals surface area contributed by atoms with Crippen molar-refractivity contribution in [2.45, 2.75) is 25.7 Å². The van der Waals surface area contributed by atoms with Crippen LogP contribution in [0.3, 0.4) is 0 Å². The average Bonchev–Trinajstić information content (AvgIpc) is 3.03. The Hall–Kier alpha value is -2.87. The minimum atomic E-state index is -4.43. The number of hydrogen-bond acceptors (Lipinski definition) is 3. The van der Waals surface area contributed by atoms with Gasteiger partial charge in [0, 0.05) is 31.7 Å². The van der Waals surface area contributed by atoms with Crippen LogP contribution in [0.4, 0.5) is 18.9 Å². The molecule has 1 aliphatic heterocycles. The molecule has 0 aromatic heterocycles. The van der Waals surface area contributed by atoms with E-state index in [4.69, 9.17) is 0 Å². The molecule has 30 heavy (non-hydrogen) atoms. The Morgan fingerprint density at radius 2 is 1.83 bits per heavy atom. The van der Waals surface area contributed by atoms with Crippen LogP contribution in [0.2, 0.25) is 0 Å². The molecular formula is C22H24F3N3O2. The van der Waals surface area contributed by atoms with Crippen LogP contribution in [0.25, 0.3) is 0 Å². The third kappa shape index (κ3) is 5.60. The minimum absolute atomic E-state index is 0.0451. The van der Waals surface area contributed by atoms with Crippen molar-refractivity contribution in [1.82, 2.24) is 9.80 Å². The predicted octanol–water partition coefficient (Wildman–Crippen LogP) is 3.75. The monoisotopic (exact) mass is 419 g/mol. The van der Waals surface area contributed by atoms with Gasteiger partial charge in [-0.15, -0.1) is 0 Å². The maximum absolute atomic E-state index is 12.9. The van der Waals surface area contributed by atoms with E-state index in [2.05, 4.69) is 5.32 Å². The van der Waals surface area contributed by atoms with E-state index in [-0.39, 0.29) is 31.3 Å². The van der Waals surface area contributed by atoms with Gasteiger partial charge in [0.1, 0.15) is 0 Å². The van der Waals surface area contributed by atoms with E-state index in [0.29, 0.717) is 11.3 Å². The third-order valence-electron chi connectivity index (χ3n) is 4.93. The second-order valence-electron chi connectivity index (χ2n) is 7.80. The summed E-state index contributed by atoms with van der Waals surface area (Å²) in [4.78, 5) is 28.3. The molecule has 1 saturated heterocycles. The minimum Gasteiger partial charge on any atom is -0.338 e. The summed E-state index contributed by atoms with van der Waals surface area (Å²) in [6.07, 6.45) is -4.39. The molecule has 3 rings (SSSR count). The van der Waals surface area contributed by atoms with Crippen LogP contribution in [-0.4, -0.2) is 42.3 Å². The van der Waals surface area contributed by atoms with Crippen molar-refractivity contribution in [3.8, 4) is 0 Å². The maximum Gasteiger partial charge on any atom is 0.416 e. The van der Waals surface area contributed by atoms with E-state index < -0.39 is 17.7 Å². The quantitative estimate of drug-likeness (QED) is 0.776. The fraction of sp³-hybridized carbons (Fsp3) is 0.364. The molecule has 160 valence electrons. The number of hydrogen-bond donors (Lipinski definition) is 1. The van der Waals surface area contributed by atoms with Crippen molar-refractivity contribution in [2.75, 3.05) is 26.0 Å². The molecule has 1 atom stereocenters. The van der Waals surface area contributed by atoms with E-state index in [0.717, 1.165) is 24.2 Å². The van der Waals surface area contributed by atoms with Crippen LogP contribution in [0.1, 0.15) is 23.1 Å². The van der Waals surface area contributed by atoms with Gasteiger partial charge in [0.25, 0.3) is 0 Å². The Morgan fingerprint density at radius 1 is 1.13 bits per heavy atom. The number of benzene rings is 2. The summed E-state index contributed by atoms with van der Waals surface area (Å²) in [5.41, 5.74) is 1.39. The van der Waals surface area contributed by atoms with Crippen LogP contribution in [0, 0.1) is 5.92 Å². The topological polar surface area (TPSA) is 52.7 Å². The molecule has 0 radical (unpaired) electrons. The van der Waals surface area contributed by atoms with Gasteiger partial charge in [0.2, 0.25) is 11.8 Å². The number of nitrogens with zero attached hydrogens (tertiary/aromatic N) is 2. The summed E-state index contributed by atoms with van der Waals surface area (Å²) in [5, 5.41) is 2.82. The van der Waals surface area contributed by atoms with Crippen LogP contribution >= 0.6 is 0 Å². The van der Waals surface area contributed by atoms with Gasteiger partial charge in [-0.05, 0) is 49.5 Å². The highest BCUT2D eigenvalue weighted by Crippen LogP contribution is 2.30. The molecule has 1 fully saturated rings. The summed E-state index contributed by atoms with van der Waals surface area (Å²) < 4.78 is 38.7. The lowest BCUT2D eigenvalue weighted by Gasteiger charge is -2.18. The molecule has 0 unspecified atom stereocenters. The molecule has 0 spiro atoms. The van der Waals surface area contributed by atoms with Crippen LogP contribution in [0.15, 0.2) is 48.5 Å². The Balaban J connectivity index is 1.59. The van der Waals surface area contributed by atoms with E-state index in [9.17, 15) is 22.8 Å². The van der Waals surface area contributed by atoms with E-state index in [1.54, 1.807) is 6.07 Å². The van der Waals surface area contributed by atoms with E-state index >= 15 is 0 Å². The Kier molecular flexibility index (Phi) is 6.45. The highest BCUT2D eigenvalue weighted by molar-refractivity contribution is 5.97. The smallest absolute Gasteiger partial charge is 0.338 e. The first kappa shape index (κ1) is 21.8. The van der Waals surface area contributed by atoms with Crippen molar-refractivity contribution >= 4 is 17.5 Å². The van der Waals surface area contributed by atoms with Gasteiger partial charge in [-0.3, -0.25) is 9.59 Å². The fourth-order valence-corrected chi connectivity index (χ4v) is 3.47. The second kappa shape index (κ2) is 8.87. The number of carbonyl (C=O) groups excluding carboxylic acids is 2. The number of rotatable bonds is 6. The van der Waals surface area contributed by atoms with Crippen LogP contribution < -0.4 is 5.32 Å². The first-order chi connectivity index (χ1) is 14.1. The van der Waals surface area contributed by atoms with Crippen molar-refractivity contribution in [2.24, 2.45) is 5.92 Å². The summed E-state index contributed by atoms with van der Waals surface area (Å²) in [7, 11) is 3.94.